The molecule has 30 heavy (non-hydrogen) atoms. The van der Waals surface area contributed by atoms with Gasteiger partial charge >= 0.3 is 0 Å². The Balaban J connectivity index is 1.82. The van der Waals surface area contributed by atoms with Crippen LogP contribution < -0.4 is 15.4 Å². The van der Waals surface area contributed by atoms with Crippen molar-refractivity contribution in [1.29, 1.82) is 0 Å². The first-order chi connectivity index (χ1) is 14.4. The molecule has 4 rings (SSSR count). The summed E-state index contributed by atoms with van der Waals surface area (Å²) in [5.74, 6) is -0.598. The lowest BCUT2D eigenvalue weighted by molar-refractivity contribution is -0.0144. The molecule has 1 spiro atoms. The Hall–Kier alpha value is -2.77. The maximum Gasteiger partial charge on any atom is 0.271 e. The van der Waals surface area contributed by atoms with Crippen LogP contribution >= 0.6 is 0 Å². The van der Waals surface area contributed by atoms with Crippen molar-refractivity contribution in [2.45, 2.75) is 38.2 Å². The van der Waals surface area contributed by atoms with Crippen molar-refractivity contribution in [2.24, 2.45) is 11.1 Å². The monoisotopic (exact) mass is 419 g/mol. The molecule has 5 nitrogen and oxygen atoms in total. The molecule has 2 fully saturated rings. The first-order valence-electron chi connectivity index (χ1n) is 10.1. The number of nitrogens with two attached hydrogens (primary N) is 1. The van der Waals surface area contributed by atoms with Gasteiger partial charge in [0.15, 0.2) is 6.17 Å². The average molecular weight is 419 g/mol. The van der Waals surface area contributed by atoms with E-state index in [-0.39, 0.29) is 11.3 Å². The summed E-state index contributed by atoms with van der Waals surface area (Å²) in [5, 5.41) is 0. The van der Waals surface area contributed by atoms with Gasteiger partial charge in [0.05, 0.1) is 11.3 Å². The predicted molar refractivity (Wildman–Crippen MR) is 108 cm³/mol. The van der Waals surface area contributed by atoms with Gasteiger partial charge < -0.3 is 15.4 Å². The highest BCUT2D eigenvalue weighted by atomic mass is 19.2. The first-order valence-corrected chi connectivity index (χ1v) is 10.1. The molecule has 8 heteroatoms. The molecule has 1 aliphatic heterocycles. The molecular formula is C22H24F3N3O2. The molecule has 0 bridgehead atoms. The topological polar surface area (TPSA) is 68.5 Å². The maximum absolute atomic E-state index is 14.2. The normalized spacial score (nSPS) is 19.4. The summed E-state index contributed by atoms with van der Waals surface area (Å²) in [6.07, 6.45) is 2.66. The lowest BCUT2D eigenvalue weighted by atomic mass is 9.91. The zero-order valence-electron chi connectivity index (χ0n) is 16.5. The summed E-state index contributed by atoms with van der Waals surface area (Å²) < 4.78 is 45.5. The maximum atomic E-state index is 14.2. The van der Waals surface area contributed by atoms with Gasteiger partial charge in [-0.3, -0.25) is 9.78 Å². The number of benzene rings is 1. The Bertz CT molecular complexity index is 911. The van der Waals surface area contributed by atoms with Gasteiger partial charge in [0, 0.05) is 31.0 Å². The van der Waals surface area contributed by atoms with Crippen LogP contribution in [-0.4, -0.2) is 43.2 Å². The Morgan fingerprint density at radius 1 is 1.13 bits per heavy atom. The standard InChI is InChI=1S/C22H24F3N3O2/c23-13-16(24)20(25)30-17-2-1-15(21(26)29)19(18(17)14-3-9-27-10-4-14)28-11-7-22(5-6-22)8-12-28/h1-4,9-10,16,20H,5-8,11-13H2,(H2,26,29). The zero-order valence-corrected chi connectivity index (χ0v) is 16.5. The van der Waals surface area contributed by atoms with Crippen molar-refractivity contribution >= 4 is 11.6 Å². The van der Waals surface area contributed by atoms with E-state index in [9.17, 15) is 18.0 Å². The number of hydrogen-bond acceptors (Lipinski definition) is 4. The molecule has 2 unspecified atom stereocenters. The van der Waals surface area contributed by atoms with E-state index >= 15 is 0 Å². The third-order valence-electron chi connectivity index (χ3n) is 6.14. The van der Waals surface area contributed by atoms with Crippen LogP contribution in [0, 0.1) is 5.41 Å². The minimum absolute atomic E-state index is 0.0245. The van der Waals surface area contributed by atoms with Gasteiger partial charge in [0.25, 0.3) is 12.3 Å². The molecule has 2 atom stereocenters. The Morgan fingerprint density at radius 2 is 1.80 bits per heavy atom. The highest BCUT2D eigenvalue weighted by Gasteiger charge is 2.45. The Labute approximate surface area is 173 Å². The van der Waals surface area contributed by atoms with E-state index in [0.717, 1.165) is 25.9 Å². The van der Waals surface area contributed by atoms with Gasteiger partial charge in [-0.15, -0.1) is 0 Å². The van der Waals surface area contributed by atoms with Gasteiger partial charge in [-0.25, -0.2) is 8.78 Å². The number of carbonyl (C=O) groups is 1. The molecule has 1 amide bonds. The average Bonchev–Trinajstić information content (AvgIpc) is 3.52. The van der Waals surface area contributed by atoms with Crippen LogP contribution in [0.5, 0.6) is 5.75 Å². The number of anilines is 1. The number of amides is 1. The summed E-state index contributed by atoms with van der Waals surface area (Å²) in [6, 6.07) is 6.22. The smallest absolute Gasteiger partial charge is 0.271 e. The second-order valence-corrected chi connectivity index (χ2v) is 8.06. The van der Waals surface area contributed by atoms with Crippen LogP contribution in [0.25, 0.3) is 11.1 Å². The number of pyridine rings is 1. The van der Waals surface area contributed by atoms with Gasteiger partial charge in [0.1, 0.15) is 12.4 Å². The number of rotatable bonds is 7. The van der Waals surface area contributed by atoms with E-state index in [1.54, 1.807) is 24.5 Å². The molecular weight excluding hydrogens is 395 g/mol. The van der Waals surface area contributed by atoms with E-state index in [2.05, 4.69) is 9.88 Å². The molecule has 2 N–H and O–H groups in total. The molecule has 160 valence electrons. The highest BCUT2D eigenvalue weighted by Crippen LogP contribution is 2.55. The minimum Gasteiger partial charge on any atom is -0.456 e. The Kier molecular flexibility index (Phi) is 5.58. The van der Waals surface area contributed by atoms with E-state index in [1.807, 2.05) is 0 Å². The van der Waals surface area contributed by atoms with Gasteiger partial charge in [-0.1, -0.05) is 0 Å². The quantitative estimate of drug-likeness (QED) is 0.730. The second kappa shape index (κ2) is 8.16. The SMILES string of the molecule is NC(=O)c1ccc(OC(F)C(F)CF)c(-c2ccncc2)c1N1CCC2(CC1)CC2. The van der Waals surface area contributed by atoms with Crippen molar-refractivity contribution in [3.8, 4) is 16.9 Å². The molecule has 2 aliphatic rings. The van der Waals surface area contributed by atoms with Crippen LogP contribution in [0.2, 0.25) is 0 Å². The number of carbonyl (C=O) groups excluding carboxylic acids is 1. The fourth-order valence-electron chi connectivity index (χ4n) is 4.14. The van der Waals surface area contributed by atoms with E-state index in [1.165, 1.54) is 25.0 Å². The summed E-state index contributed by atoms with van der Waals surface area (Å²) in [7, 11) is 0. The van der Waals surface area contributed by atoms with Crippen LogP contribution in [0.4, 0.5) is 18.9 Å². The van der Waals surface area contributed by atoms with Crippen LogP contribution in [0.1, 0.15) is 36.0 Å². The third kappa shape index (κ3) is 3.95. The molecule has 1 aromatic heterocycles. The van der Waals surface area contributed by atoms with Crippen LogP contribution in [0.3, 0.4) is 0 Å². The number of aromatic nitrogens is 1. The molecule has 1 aromatic carbocycles. The number of ether oxygens (including phenoxy) is 1. The number of nitrogens with zero attached hydrogens (tertiary/aromatic N) is 2. The molecule has 2 aromatic rings. The molecule has 1 aliphatic carbocycles. The van der Waals surface area contributed by atoms with Crippen LogP contribution in [0.15, 0.2) is 36.7 Å². The van der Waals surface area contributed by atoms with Crippen LogP contribution in [-0.2, 0) is 0 Å². The number of primary amides is 1. The first kappa shape index (κ1) is 20.5. The molecule has 1 saturated carbocycles. The Morgan fingerprint density at radius 3 is 2.37 bits per heavy atom. The molecule has 2 heterocycles. The lowest BCUT2D eigenvalue weighted by Gasteiger charge is -2.36. The van der Waals surface area contributed by atoms with Crippen molar-refractivity contribution in [1.82, 2.24) is 4.98 Å². The van der Waals surface area contributed by atoms with Crippen molar-refractivity contribution in [3.63, 3.8) is 0 Å². The van der Waals surface area contributed by atoms with Crippen molar-refractivity contribution < 1.29 is 22.7 Å². The van der Waals surface area contributed by atoms with Crippen molar-refractivity contribution in [2.75, 3.05) is 24.7 Å². The summed E-state index contributed by atoms with van der Waals surface area (Å²) in [5.41, 5.74) is 7.91. The number of alkyl halides is 3. The highest BCUT2D eigenvalue weighted by molar-refractivity contribution is 6.04. The minimum atomic E-state index is -2.47. The lowest BCUT2D eigenvalue weighted by Crippen LogP contribution is -2.36. The largest absolute Gasteiger partial charge is 0.456 e. The summed E-state index contributed by atoms with van der Waals surface area (Å²) in [6.45, 7) is -0.0552. The van der Waals surface area contributed by atoms with Gasteiger partial charge in [0.2, 0.25) is 0 Å². The summed E-state index contributed by atoms with van der Waals surface area (Å²) in [4.78, 5) is 18.3. The fraction of sp³-hybridized carbons (Fsp3) is 0.455. The molecule has 1 saturated heterocycles. The third-order valence-corrected chi connectivity index (χ3v) is 6.14. The van der Waals surface area contributed by atoms with Gasteiger partial charge in [-0.05, 0) is 60.9 Å². The van der Waals surface area contributed by atoms with E-state index < -0.39 is 25.1 Å². The predicted octanol–water partition coefficient (Wildman–Crippen LogP) is 4.21. The van der Waals surface area contributed by atoms with Crippen molar-refractivity contribution in [3.05, 3.63) is 42.2 Å². The number of hydrogen-bond donors (Lipinski definition) is 1. The number of piperidine rings is 1. The summed E-state index contributed by atoms with van der Waals surface area (Å²) >= 11 is 0. The van der Waals surface area contributed by atoms with E-state index in [0.29, 0.717) is 22.2 Å². The zero-order chi connectivity index (χ0) is 21.3. The second-order valence-electron chi connectivity index (χ2n) is 8.06. The fourth-order valence-corrected chi connectivity index (χ4v) is 4.14. The number of halogens is 3. The molecule has 0 radical (unpaired) electrons. The van der Waals surface area contributed by atoms with E-state index in [4.69, 9.17) is 10.5 Å². The van der Waals surface area contributed by atoms with Gasteiger partial charge in [-0.2, -0.15) is 4.39 Å².